The first kappa shape index (κ1) is 36.6. The van der Waals surface area contributed by atoms with E-state index in [1.54, 1.807) is 31.2 Å². The van der Waals surface area contributed by atoms with Gasteiger partial charge in [-0.25, -0.2) is 0 Å². The number of ether oxygens (including phenoxy) is 2. The quantitative estimate of drug-likeness (QED) is 0.247. The second kappa shape index (κ2) is 14.6. The lowest BCUT2D eigenvalue weighted by Gasteiger charge is -2.62. The van der Waals surface area contributed by atoms with Crippen molar-refractivity contribution in [3.8, 4) is 16.9 Å². The van der Waals surface area contributed by atoms with E-state index in [2.05, 4.69) is 36.1 Å². The van der Waals surface area contributed by atoms with Gasteiger partial charge in [0, 0.05) is 48.4 Å². The Balaban J connectivity index is 1.45. The highest BCUT2D eigenvalue weighted by Crippen LogP contribution is 2.61. The number of carbonyl (C=O) groups is 3. The van der Waals surface area contributed by atoms with Crippen LogP contribution in [0.15, 0.2) is 36.4 Å². The third-order valence-electron chi connectivity index (χ3n) is 11.3. The lowest BCUT2D eigenvalue weighted by Crippen LogP contribution is -2.62. The Bertz CT molecular complexity index is 1540. The number of nitrogens with one attached hydrogen (secondary N) is 2. The molecular formula is C37H52N4O8. The number of fused-ring (bicyclic) bond motifs is 2. The Labute approximate surface area is 289 Å². The van der Waals surface area contributed by atoms with Gasteiger partial charge in [0.1, 0.15) is 24.4 Å². The van der Waals surface area contributed by atoms with Crippen molar-refractivity contribution in [2.24, 2.45) is 29.1 Å². The van der Waals surface area contributed by atoms with E-state index in [4.69, 9.17) is 9.57 Å². The molecule has 1 saturated heterocycles. The number of hydroxylamine groups is 2. The van der Waals surface area contributed by atoms with Gasteiger partial charge >= 0.3 is 5.97 Å². The lowest BCUT2D eigenvalue weighted by molar-refractivity contribution is -0.183. The molecule has 4 N–H and O–H groups in total. The molecule has 3 aliphatic carbocycles. The lowest BCUT2D eigenvalue weighted by atomic mass is 9.45. The van der Waals surface area contributed by atoms with E-state index in [1.165, 1.54) is 13.5 Å². The maximum Gasteiger partial charge on any atom is 0.325 e. The minimum atomic E-state index is -0.917. The summed E-state index contributed by atoms with van der Waals surface area (Å²) in [5.74, 6) is 0.0656. The van der Waals surface area contributed by atoms with Gasteiger partial charge in [-0.05, 0) is 66.7 Å². The smallest absolute Gasteiger partial charge is 0.325 e. The van der Waals surface area contributed by atoms with Gasteiger partial charge in [0.15, 0.2) is 0 Å². The topological polar surface area (TPSA) is 150 Å². The molecule has 268 valence electrons. The monoisotopic (exact) mass is 680 g/mol. The third-order valence-corrected chi connectivity index (χ3v) is 11.3. The molecule has 8 atom stereocenters. The molecule has 0 spiro atoms. The fourth-order valence-electron chi connectivity index (χ4n) is 8.31. The largest absolute Gasteiger partial charge is 0.496 e. The van der Waals surface area contributed by atoms with Crippen LogP contribution >= 0.6 is 0 Å². The predicted octanol–water partition coefficient (Wildman–Crippen LogP) is 2.99. The SMILES string of the molecule is COC(=O)CNC(=O)c1cc(-c2cccc(CN3O[C@@H](CO)[C@@H]([C@H](C)O)[C@H]3C(=O)N[C@H]3C[C@H]4C[C@H]([C@@H]3C)C4(C)C)c2OC)cc(N(C)C)c1. The van der Waals surface area contributed by atoms with Gasteiger partial charge in [-0.15, -0.1) is 0 Å². The first-order chi connectivity index (χ1) is 23.2. The molecule has 49 heavy (non-hydrogen) atoms. The molecule has 1 aliphatic heterocycles. The molecule has 0 radical (unpaired) electrons. The predicted molar refractivity (Wildman–Crippen MR) is 185 cm³/mol. The number of aliphatic hydroxyl groups is 2. The number of methoxy groups -OCH3 is 2. The van der Waals surface area contributed by atoms with Crippen LogP contribution in [0.2, 0.25) is 0 Å². The van der Waals surface area contributed by atoms with E-state index in [1.807, 2.05) is 43.3 Å². The zero-order valence-corrected chi connectivity index (χ0v) is 29.9. The van der Waals surface area contributed by atoms with Crippen molar-refractivity contribution in [3.05, 3.63) is 47.5 Å². The van der Waals surface area contributed by atoms with Crippen LogP contribution in [0.1, 0.15) is 56.5 Å². The van der Waals surface area contributed by atoms with E-state index in [9.17, 15) is 24.6 Å². The van der Waals surface area contributed by atoms with E-state index < -0.39 is 36.0 Å². The molecule has 4 aliphatic rings. The van der Waals surface area contributed by atoms with Crippen LogP contribution in [0.25, 0.3) is 11.1 Å². The van der Waals surface area contributed by atoms with Crippen molar-refractivity contribution in [3.63, 3.8) is 0 Å². The number of nitrogens with zero attached hydrogens (tertiary/aromatic N) is 2. The molecule has 2 bridgehead atoms. The summed E-state index contributed by atoms with van der Waals surface area (Å²) in [7, 11) is 6.55. The van der Waals surface area contributed by atoms with Crippen LogP contribution in [0.3, 0.4) is 0 Å². The normalized spacial score (nSPS) is 27.8. The Morgan fingerprint density at radius 1 is 1.14 bits per heavy atom. The second-order valence-corrected chi connectivity index (χ2v) is 14.7. The molecule has 12 heteroatoms. The summed E-state index contributed by atoms with van der Waals surface area (Å²) >= 11 is 0. The molecule has 3 saturated carbocycles. The minimum absolute atomic E-state index is 0.0230. The average molecular weight is 681 g/mol. The first-order valence-corrected chi connectivity index (χ1v) is 17.1. The summed E-state index contributed by atoms with van der Waals surface area (Å²) in [6, 6.07) is 10.2. The number of carbonyl (C=O) groups excluding carboxylic acids is 3. The van der Waals surface area contributed by atoms with Gasteiger partial charge < -0.3 is 35.2 Å². The summed E-state index contributed by atoms with van der Waals surface area (Å²) < 4.78 is 10.6. The fraction of sp³-hybridized carbons (Fsp3) is 0.595. The first-order valence-electron chi connectivity index (χ1n) is 17.1. The third kappa shape index (κ3) is 7.15. The highest BCUT2D eigenvalue weighted by Gasteiger charge is 2.57. The van der Waals surface area contributed by atoms with Crippen LogP contribution in [0.4, 0.5) is 5.69 Å². The molecule has 2 aromatic rings. The van der Waals surface area contributed by atoms with Gasteiger partial charge in [-0.1, -0.05) is 39.0 Å². The highest BCUT2D eigenvalue weighted by molar-refractivity contribution is 5.98. The van der Waals surface area contributed by atoms with E-state index in [-0.39, 0.29) is 37.1 Å². The number of para-hydroxylation sites is 1. The van der Waals surface area contributed by atoms with Crippen molar-refractivity contribution in [1.29, 1.82) is 0 Å². The van der Waals surface area contributed by atoms with Crippen molar-refractivity contribution in [1.82, 2.24) is 15.7 Å². The average Bonchev–Trinajstić information content (AvgIpc) is 3.45. The number of esters is 1. The molecule has 1 heterocycles. The van der Waals surface area contributed by atoms with E-state index >= 15 is 0 Å². The molecule has 6 rings (SSSR count). The van der Waals surface area contributed by atoms with Crippen LogP contribution in [-0.4, -0.2) is 98.8 Å². The summed E-state index contributed by atoms with van der Waals surface area (Å²) in [6.07, 6.45) is 0.413. The number of hydrogen-bond donors (Lipinski definition) is 4. The highest BCUT2D eigenvalue weighted by atomic mass is 16.7. The number of benzene rings is 2. The van der Waals surface area contributed by atoms with Crippen LogP contribution < -0.4 is 20.3 Å². The van der Waals surface area contributed by atoms with Gasteiger partial charge in [0.25, 0.3) is 5.91 Å². The van der Waals surface area contributed by atoms with E-state index in [0.717, 1.165) is 12.1 Å². The van der Waals surface area contributed by atoms with Gasteiger partial charge in [-0.3, -0.25) is 19.2 Å². The molecule has 0 unspecified atom stereocenters. The van der Waals surface area contributed by atoms with Crippen molar-refractivity contribution >= 4 is 23.5 Å². The second-order valence-electron chi connectivity index (χ2n) is 14.7. The van der Waals surface area contributed by atoms with Gasteiger partial charge in [0.2, 0.25) is 5.91 Å². The van der Waals surface area contributed by atoms with Crippen LogP contribution in [-0.2, 0) is 25.7 Å². The zero-order chi connectivity index (χ0) is 35.8. The summed E-state index contributed by atoms with van der Waals surface area (Å²) in [5.41, 5.74) is 3.50. The molecule has 2 amide bonds. The summed E-state index contributed by atoms with van der Waals surface area (Å²) in [6.45, 7) is 7.99. The Hall–Kier alpha value is -3.71. The maximum absolute atomic E-state index is 14.2. The van der Waals surface area contributed by atoms with Gasteiger partial charge in [-0.2, -0.15) is 5.06 Å². The molecular weight excluding hydrogens is 628 g/mol. The van der Waals surface area contributed by atoms with Crippen LogP contribution in [0, 0.1) is 29.1 Å². The summed E-state index contributed by atoms with van der Waals surface area (Å²) in [4.78, 5) is 47.0. The van der Waals surface area contributed by atoms with Crippen molar-refractivity contribution in [2.75, 3.05) is 46.4 Å². The number of rotatable bonds is 12. The molecule has 0 aromatic heterocycles. The Morgan fingerprint density at radius 3 is 2.47 bits per heavy atom. The molecule has 2 aromatic carbocycles. The van der Waals surface area contributed by atoms with Gasteiger partial charge in [0.05, 0.1) is 33.5 Å². The summed E-state index contributed by atoms with van der Waals surface area (Å²) in [5, 5.41) is 28.6. The number of aliphatic hydroxyl groups excluding tert-OH is 2. The standard InChI is InChI=1S/C37H52N4O8/c1-20-28-15-25(37(28,3)4)16-29(20)39-36(46)33-32(21(2)43)30(19-42)49-41(33)18-22-10-9-11-27(34(22)48-8)23-12-24(14-26(13-23)40(5)6)35(45)38-17-31(44)47-7/h9-14,20-21,25,28-30,32-33,42-43H,15-19H2,1-8H3,(H,38,45)(H,39,46)/t20-,21-,25+,28+,29-,30-,32+,33-/m0/s1. The molecule has 12 nitrogen and oxygen atoms in total. The number of amides is 2. The molecule has 4 fully saturated rings. The Morgan fingerprint density at radius 2 is 1.88 bits per heavy atom. The number of hydrogen-bond acceptors (Lipinski definition) is 10. The zero-order valence-electron chi connectivity index (χ0n) is 29.9. The van der Waals surface area contributed by atoms with Crippen LogP contribution in [0.5, 0.6) is 5.75 Å². The van der Waals surface area contributed by atoms with Crippen molar-refractivity contribution < 1.29 is 38.9 Å². The minimum Gasteiger partial charge on any atom is -0.496 e. The maximum atomic E-state index is 14.2. The number of anilines is 1. The fourth-order valence-corrected chi connectivity index (χ4v) is 8.31. The van der Waals surface area contributed by atoms with E-state index in [0.29, 0.717) is 45.8 Å². The Kier molecular flexibility index (Phi) is 10.9. The van der Waals surface area contributed by atoms with Crippen molar-refractivity contribution in [2.45, 2.75) is 71.4 Å².